The molecule has 0 amide bonds. The summed E-state index contributed by atoms with van der Waals surface area (Å²) in [6, 6.07) is 5.64. The largest absolute Gasteiger partial charge is 0.371 e. The topological polar surface area (TPSA) is 31.4 Å². The molecule has 0 saturated carbocycles. The van der Waals surface area contributed by atoms with Gasteiger partial charge in [0.05, 0.1) is 0 Å². The molecule has 4 heteroatoms. The summed E-state index contributed by atoms with van der Waals surface area (Å²) in [7, 11) is 0. The van der Waals surface area contributed by atoms with E-state index < -0.39 is 0 Å². The highest BCUT2D eigenvalue weighted by Gasteiger charge is 2.24. The quantitative estimate of drug-likeness (QED) is 0.919. The predicted octanol–water partition coefficient (Wildman–Crippen LogP) is 2.12. The second-order valence-electron chi connectivity index (χ2n) is 6.37. The Labute approximate surface area is 128 Å². The fourth-order valence-corrected chi connectivity index (χ4v) is 3.67. The molecule has 2 saturated heterocycles. The molecule has 3 rings (SSSR count). The third kappa shape index (κ3) is 3.95. The normalized spacial score (nSPS) is 25.2. The van der Waals surface area contributed by atoms with E-state index in [4.69, 9.17) is 0 Å². The van der Waals surface area contributed by atoms with Gasteiger partial charge in [0.25, 0.3) is 0 Å². The first-order valence-electron chi connectivity index (χ1n) is 8.48. The van der Waals surface area contributed by atoms with Crippen LogP contribution in [0.2, 0.25) is 0 Å². The standard InChI is InChI=1S/C17H28N4/c1-2-20-11-3-4-16(14-20)19-15-7-12-21(13-8-15)17-5-9-18-10-6-17/h5-6,9-10,15-16,19H,2-4,7-8,11-14H2,1H3. The molecule has 4 nitrogen and oxygen atoms in total. The highest BCUT2D eigenvalue weighted by molar-refractivity contribution is 5.44. The van der Waals surface area contributed by atoms with Gasteiger partial charge in [-0.15, -0.1) is 0 Å². The highest BCUT2D eigenvalue weighted by atomic mass is 15.2. The van der Waals surface area contributed by atoms with Crippen molar-refractivity contribution in [1.29, 1.82) is 0 Å². The molecule has 1 N–H and O–H groups in total. The fraction of sp³-hybridized carbons (Fsp3) is 0.706. The van der Waals surface area contributed by atoms with Crippen LogP contribution in [-0.4, -0.2) is 54.7 Å². The van der Waals surface area contributed by atoms with Crippen LogP contribution in [0.4, 0.5) is 5.69 Å². The second kappa shape index (κ2) is 7.23. The minimum Gasteiger partial charge on any atom is -0.371 e. The van der Waals surface area contributed by atoms with Crippen molar-refractivity contribution in [3.8, 4) is 0 Å². The zero-order valence-electron chi connectivity index (χ0n) is 13.2. The first-order valence-corrected chi connectivity index (χ1v) is 8.48. The Morgan fingerprint density at radius 3 is 2.57 bits per heavy atom. The summed E-state index contributed by atoms with van der Waals surface area (Å²) in [6.07, 6.45) is 8.99. The smallest absolute Gasteiger partial charge is 0.0397 e. The summed E-state index contributed by atoms with van der Waals surface area (Å²) in [5.74, 6) is 0. The summed E-state index contributed by atoms with van der Waals surface area (Å²) < 4.78 is 0. The molecule has 0 aliphatic carbocycles. The summed E-state index contributed by atoms with van der Waals surface area (Å²) in [5.41, 5.74) is 1.32. The lowest BCUT2D eigenvalue weighted by atomic mass is 10.00. The van der Waals surface area contributed by atoms with Crippen molar-refractivity contribution in [3.05, 3.63) is 24.5 Å². The number of pyridine rings is 1. The minimum absolute atomic E-state index is 0.699. The van der Waals surface area contributed by atoms with Gasteiger partial charge < -0.3 is 15.1 Å². The van der Waals surface area contributed by atoms with Gasteiger partial charge in [0.15, 0.2) is 0 Å². The van der Waals surface area contributed by atoms with Crippen molar-refractivity contribution in [2.45, 2.75) is 44.7 Å². The zero-order valence-corrected chi connectivity index (χ0v) is 13.2. The molecule has 116 valence electrons. The predicted molar refractivity (Wildman–Crippen MR) is 87.7 cm³/mol. The zero-order chi connectivity index (χ0) is 14.5. The molecule has 0 radical (unpaired) electrons. The number of likely N-dealkylation sites (N-methyl/N-ethyl adjacent to an activating group) is 1. The maximum Gasteiger partial charge on any atom is 0.0397 e. The number of likely N-dealkylation sites (tertiary alicyclic amines) is 1. The maximum atomic E-state index is 4.10. The minimum atomic E-state index is 0.699. The number of nitrogens with one attached hydrogen (secondary N) is 1. The molecule has 21 heavy (non-hydrogen) atoms. The van der Waals surface area contributed by atoms with E-state index in [0.29, 0.717) is 12.1 Å². The number of aromatic nitrogens is 1. The van der Waals surface area contributed by atoms with Gasteiger partial charge in [0.1, 0.15) is 0 Å². The molecule has 1 unspecified atom stereocenters. The van der Waals surface area contributed by atoms with Crippen LogP contribution in [0, 0.1) is 0 Å². The van der Waals surface area contributed by atoms with Gasteiger partial charge in [-0.1, -0.05) is 6.92 Å². The second-order valence-corrected chi connectivity index (χ2v) is 6.37. The monoisotopic (exact) mass is 288 g/mol. The molecule has 0 bridgehead atoms. The number of piperidine rings is 2. The van der Waals surface area contributed by atoms with Gasteiger partial charge in [0.2, 0.25) is 0 Å². The van der Waals surface area contributed by atoms with Crippen LogP contribution >= 0.6 is 0 Å². The van der Waals surface area contributed by atoms with Gasteiger partial charge in [-0.25, -0.2) is 0 Å². The van der Waals surface area contributed by atoms with Gasteiger partial charge in [-0.05, 0) is 50.9 Å². The molecular formula is C17H28N4. The van der Waals surface area contributed by atoms with E-state index >= 15 is 0 Å². The van der Waals surface area contributed by atoms with E-state index in [2.05, 4.69) is 39.2 Å². The van der Waals surface area contributed by atoms with Crippen LogP contribution < -0.4 is 10.2 Å². The van der Waals surface area contributed by atoms with Crippen molar-refractivity contribution in [2.24, 2.45) is 0 Å². The molecule has 0 spiro atoms. The Kier molecular flexibility index (Phi) is 5.09. The number of rotatable bonds is 4. The summed E-state index contributed by atoms with van der Waals surface area (Å²) in [5, 5.41) is 3.91. The van der Waals surface area contributed by atoms with E-state index in [1.165, 1.54) is 51.0 Å². The van der Waals surface area contributed by atoms with E-state index in [9.17, 15) is 0 Å². The van der Waals surface area contributed by atoms with Crippen molar-refractivity contribution in [3.63, 3.8) is 0 Å². The Hall–Kier alpha value is -1.13. The lowest BCUT2D eigenvalue weighted by Crippen LogP contribution is -2.52. The fourth-order valence-electron chi connectivity index (χ4n) is 3.67. The van der Waals surface area contributed by atoms with Crippen molar-refractivity contribution >= 4 is 5.69 Å². The summed E-state index contributed by atoms with van der Waals surface area (Å²) >= 11 is 0. The van der Waals surface area contributed by atoms with Crippen molar-refractivity contribution < 1.29 is 0 Å². The van der Waals surface area contributed by atoms with E-state index in [-0.39, 0.29) is 0 Å². The number of nitrogens with zero attached hydrogens (tertiary/aromatic N) is 3. The molecule has 2 aliphatic rings. The van der Waals surface area contributed by atoms with E-state index in [1.54, 1.807) is 0 Å². The van der Waals surface area contributed by atoms with Crippen LogP contribution in [0.5, 0.6) is 0 Å². The first-order chi connectivity index (χ1) is 10.3. The van der Waals surface area contributed by atoms with E-state index in [1.807, 2.05) is 12.4 Å². The van der Waals surface area contributed by atoms with Crippen LogP contribution in [0.25, 0.3) is 0 Å². The van der Waals surface area contributed by atoms with Crippen molar-refractivity contribution in [2.75, 3.05) is 37.6 Å². The Morgan fingerprint density at radius 2 is 1.86 bits per heavy atom. The molecule has 2 aliphatic heterocycles. The van der Waals surface area contributed by atoms with Crippen LogP contribution in [-0.2, 0) is 0 Å². The molecule has 0 aromatic carbocycles. The number of hydrogen-bond donors (Lipinski definition) is 1. The van der Waals surface area contributed by atoms with Crippen molar-refractivity contribution in [1.82, 2.24) is 15.2 Å². The summed E-state index contributed by atoms with van der Waals surface area (Å²) in [6.45, 7) is 8.31. The molecular weight excluding hydrogens is 260 g/mol. The molecule has 1 aromatic rings. The van der Waals surface area contributed by atoms with Crippen LogP contribution in [0.1, 0.15) is 32.6 Å². The van der Waals surface area contributed by atoms with Gasteiger partial charge in [-0.3, -0.25) is 4.98 Å². The Bertz CT molecular complexity index is 414. The molecule has 2 fully saturated rings. The Morgan fingerprint density at radius 1 is 1.10 bits per heavy atom. The maximum absolute atomic E-state index is 4.10. The molecule has 1 atom stereocenters. The lowest BCUT2D eigenvalue weighted by Gasteiger charge is -2.38. The number of anilines is 1. The first kappa shape index (κ1) is 14.8. The summed E-state index contributed by atoms with van der Waals surface area (Å²) in [4.78, 5) is 9.17. The Balaban J connectivity index is 1.45. The lowest BCUT2D eigenvalue weighted by molar-refractivity contribution is 0.185. The third-order valence-electron chi connectivity index (χ3n) is 4.95. The average molecular weight is 288 g/mol. The third-order valence-corrected chi connectivity index (χ3v) is 4.95. The average Bonchev–Trinajstić information content (AvgIpc) is 2.56. The molecule has 1 aromatic heterocycles. The van der Waals surface area contributed by atoms with Crippen LogP contribution in [0.3, 0.4) is 0 Å². The van der Waals surface area contributed by atoms with Gasteiger partial charge in [-0.2, -0.15) is 0 Å². The van der Waals surface area contributed by atoms with Crippen LogP contribution in [0.15, 0.2) is 24.5 Å². The highest BCUT2D eigenvalue weighted by Crippen LogP contribution is 2.20. The molecule has 3 heterocycles. The SMILES string of the molecule is CCN1CCCC(NC2CCN(c3ccncc3)CC2)C1. The van der Waals surface area contributed by atoms with Gasteiger partial charge >= 0.3 is 0 Å². The van der Waals surface area contributed by atoms with Gasteiger partial charge in [0, 0.05) is 49.8 Å². The number of hydrogen-bond acceptors (Lipinski definition) is 4. The van der Waals surface area contributed by atoms with E-state index in [0.717, 1.165) is 13.1 Å².